The van der Waals surface area contributed by atoms with E-state index in [1.807, 2.05) is 13.8 Å². The summed E-state index contributed by atoms with van der Waals surface area (Å²) < 4.78 is 0. The molecule has 0 unspecified atom stereocenters. The molecular formula is C12H14N2O2. The molecule has 0 fully saturated rings. The molecule has 16 heavy (non-hydrogen) atoms. The molecule has 0 saturated carbocycles. The Hall–Kier alpha value is -2.10. The summed E-state index contributed by atoms with van der Waals surface area (Å²) in [7, 11) is 0. The highest BCUT2D eigenvalue weighted by molar-refractivity contribution is 5.35. The molecule has 0 spiro atoms. The predicted octanol–water partition coefficient (Wildman–Crippen LogP) is -0.224. The fourth-order valence-corrected chi connectivity index (χ4v) is 1.11. The summed E-state index contributed by atoms with van der Waals surface area (Å²) in [5.74, 6) is 0. The summed E-state index contributed by atoms with van der Waals surface area (Å²) in [6, 6.07) is 0. The minimum absolute atomic E-state index is 0.251. The molecule has 84 valence electrons. The smallest absolute Gasteiger partial charge is 0.272 e. The van der Waals surface area contributed by atoms with E-state index in [4.69, 9.17) is 0 Å². The summed E-state index contributed by atoms with van der Waals surface area (Å²) in [6.45, 7) is 3.66. The molecule has 0 atom stereocenters. The van der Waals surface area contributed by atoms with Crippen LogP contribution < -0.4 is 21.8 Å². The zero-order valence-electron chi connectivity index (χ0n) is 9.28. The zero-order chi connectivity index (χ0) is 12.0. The lowest BCUT2D eigenvalue weighted by molar-refractivity contribution is 1.00. The Kier molecular flexibility index (Phi) is 4.27. The van der Waals surface area contributed by atoms with Gasteiger partial charge in [-0.05, 0) is 26.0 Å². The number of hydrogen-bond acceptors (Lipinski definition) is 2. The Morgan fingerprint density at radius 3 is 1.50 bits per heavy atom. The van der Waals surface area contributed by atoms with Crippen LogP contribution in [-0.2, 0) is 0 Å². The van der Waals surface area contributed by atoms with Crippen LogP contribution in [0.5, 0.6) is 0 Å². The van der Waals surface area contributed by atoms with Gasteiger partial charge in [0.15, 0.2) is 0 Å². The first kappa shape index (κ1) is 12.0. The SMILES string of the molecule is C/C=C/C=c1/[nH]c(=O)/c(=C\C=C\C)[nH]c1=O. The van der Waals surface area contributed by atoms with Crippen LogP contribution in [-0.4, -0.2) is 9.97 Å². The van der Waals surface area contributed by atoms with Crippen molar-refractivity contribution in [2.75, 3.05) is 0 Å². The van der Waals surface area contributed by atoms with Gasteiger partial charge in [0, 0.05) is 0 Å². The van der Waals surface area contributed by atoms with E-state index in [9.17, 15) is 9.59 Å². The quantitative estimate of drug-likeness (QED) is 0.720. The largest absolute Gasteiger partial charge is 0.316 e. The second-order valence-electron chi connectivity index (χ2n) is 3.12. The van der Waals surface area contributed by atoms with Gasteiger partial charge < -0.3 is 9.97 Å². The molecule has 0 aliphatic rings. The Balaban J connectivity index is 3.52. The topological polar surface area (TPSA) is 65.7 Å². The minimum Gasteiger partial charge on any atom is -0.316 e. The highest BCUT2D eigenvalue weighted by Crippen LogP contribution is 1.68. The average Bonchev–Trinajstić information content (AvgIpc) is 2.28. The molecule has 0 amide bonds. The van der Waals surface area contributed by atoms with Crippen LogP contribution >= 0.6 is 0 Å². The van der Waals surface area contributed by atoms with Gasteiger partial charge in [-0.25, -0.2) is 0 Å². The predicted molar refractivity (Wildman–Crippen MR) is 65.5 cm³/mol. The fourth-order valence-electron chi connectivity index (χ4n) is 1.11. The Morgan fingerprint density at radius 1 is 0.812 bits per heavy atom. The summed E-state index contributed by atoms with van der Waals surface area (Å²) >= 11 is 0. The van der Waals surface area contributed by atoms with E-state index < -0.39 is 0 Å². The molecule has 1 aromatic heterocycles. The second kappa shape index (κ2) is 5.70. The van der Waals surface area contributed by atoms with Crippen molar-refractivity contribution in [1.29, 1.82) is 0 Å². The van der Waals surface area contributed by atoms with Crippen LogP contribution in [0, 0.1) is 0 Å². The van der Waals surface area contributed by atoms with E-state index in [-0.39, 0.29) is 21.8 Å². The van der Waals surface area contributed by atoms with Crippen molar-refractivity contribution in [2.45, 2.75) is 13.8 Å². The van der Waals surface area contributed by atoms with Crippen molar-refractivity contribution in [3.05, 3.63) is 55.7 Å². The van der Waals surface area contributed by atoms with E-state index in [0.29, 0.717) is 0 Å². The number of hydrogen-bond donors (Lipinski definition) is 2. The normalized spacial score (nSPS) is 14.4. The lowest BCUT2D eigenvalue weighted by atomic mass is 10.4. The van der Waals surface area contributed by atoms with E-state index in [0.717, 1.165) is 0 Å². The van der Waals surface area contributed by atoms with Crippen molar-refractivity contribution >= 4 is 12.2 Å². The van der Waals surface area contributed by atoms with Gasteiger partial charge in [-0.2, -0.15) is 0 Å². The second-order valence-corrected chi connectivity index (χ2v) is 3.12. The molecule has 1 aromatic rings. The van der Waals surface area contributed by atoms with E-state index in [1.165, 1.54) is 0 Å². The van der Waals surface area contributed by atoms with Crippen LogP contribution in [0.2, 0.25) is 0 Å². The van der Waals surface area contributed by atoms with Gasteiger partial charge in [-0.1, -0.05) is 24.3 Å². The minimum atomic E-state index is -0.312. The Morgan fingerprint density at radius 2 is 1.19 bits per heavy atom. The van der Waals surface area contributed by atoms with Gasteiger partial charge >= 0.3 is 0 Å². The highest BCUT2D eigenvalue weighted by atomic mass is 16.1. The summed E-state index contributed by atoms with van der Waals surface area (Å²) in [6.07, 6.45) is 10.0. The number of aromatic nitrogens is 2. The number of allylic oxidation sites excluding steroid dienone is 4. The summed E-state index contributed by atoms with van der Waals surface area (Å²) in [5.41, 5.74) is -0.623. The molecule has 1 rings (SSSR count). The van der Waals surface area contributed by atoms with Crippen molar-refractivity contribution in [3.63, 3.8) is 0 Å². The maximum Gasteiger partial charge on any atom is 0.272 e. The van der Waals surface area contributed by atoms with E-state index in [1.54, 1.807) is 36.5 Å². The number of H-pyrrole nitrogens is 2. The monoisotopic (exact) mass is 218 g/mol. The van der Waals surface area contributed by atoms with Gasteiger partial charge in [0.2, 0.25) is 0 Å². The van der Waals surface area contributed by atoms with Crippen molar-refractivity contribution in [3.8, 4) is 0 Å². The van der Waals surface area contributed by atoms with Gasteiger partial charge in [0.25, 0.3) is 11.1 Å². The zero-order valence-corrected chi connectivity index (χ0v) is 9.28. The molecule has 0 bridgehead atoms. The third kappa shape index (κ3) is 2.95. The first-order chi connectivity index (χ1) is 7.69. The molecule has 0 aliphatic carbocycles. The summed E-state index contributed by atoms with van der Waals surface area (Å²) in [5, 5.41) is 0.501. The van der Waals surface area contributed by atoms with Crippen molar-refractivity contribution in [2.24, 2.45) is 0 Å². The summed E-state index contributed by atoms with van der Waals surface area (Å²) in [4.78, 5) is 28.1. The maximum atomic E-state index is 11.5. The average molecular weight is 218 g/mol. The molecule has 0 aromatic carbocycles. The first-order valence-corrected chi connectivity index (χ1v) is 4.97. The van der Waals surface area contributed by atoms with Gasteiger partial charge in [-0.3, -0.25) is 9.59 Å². The fraction of sp³-hybridized carbons (Fsp3) is 0.167. The molecule has 0 radical (unpaired) electrons. The molecular weight excluding hydrogens is 204 g/mol. The third-order valence-corrected chi connectivity index (χ3v) is 1.90. The van der Waals surface area contributed by atoms with E-state index in [2.05, 4.69) is 9.97 Å². The van der Waals surface area contributed by atoms with E-state index >= 15 is 0 Å². The number of aromatic amines is 2. The first-order valence-electron chi connectivity index (χ1n) is 4.97. The molecule has 0 aliphatic heterocycles. The van der Waals surface area contributed by atoms with Crippen LogP contribution in [0.4, 0.5) is 0 Å². The number of rotatable bonds is 2. The van der Waals surface area contributed by atoms with Crippen molar-refractivity contribution in [1.82, 2.24) is 9.97 Å². The standard InChI is InChI=1S/C12H14N2O2/c1-3-5-7-9-11(15)14-10(8-6-4-2)12(16)13-9/h3-8H,1-2H3,(H,13,16)(H,14,15)/b5-3+,6-4+,9-7+,10-8+. The molecule has 2 N–H and O–H groups in total. The van der Waals surface area contributed by atoms with Crippen LogP contribution in [0.1, 0.15) is 13.8 Å². The van der Waals surface area contributed by atoms with Crippen molar-refractivity contribution < 1.29 is 0 Å². The van der Waals surface area contributed by atoms with Gasteiger partial charge in [0.05, 0.1) is 0 Å². The Bertz CT molecular complexity index is 572. The third-order valence-electron chi connectivity index (χ3n) is 1.90. The maximum absolute atomic E-state index is 11.5. The lowest BCUT2D eigenvalue weighted by Crippen LogP contribution is -2.46. The molecule has 1 heterocycles. The highest BCUT2D eigenvalue weighted by Gasteiger charge is 1.92. The molecule has 4 heteroatoms. The molecule has 0 saturated heterocycles. The lowest BCUT2D eigenvalue weighted by Gasteiger charge is -1.87. The van der Waals surface area contributed by atoms with Crippen LogP contribution in [0.15, 0.2) is 33.9 Å². The number of nitrogens with one attached hydrogen (secondary N) is 2. The molecule has 4 nitrogen and oxygen atoms in total. The van der Waals surface area contributed by atoms with Gasteiger partial charge in [-0.15, -0.1) is 0 Å². The van der Waals surface area contributed by atoms with Crippen LogP contribution in [0.25, 0.3) is 12.2 Å². The van der Waals surface area contributed by atoms with Crippen LogP contribution in [0.3, 0.4) is 0 Å². The van der Waals surface area contributed by atoms with Gasteiger partial charge in [0.1, 0.15) is 10.7 Å². The Labute approximate surface area is 92.4 Å².